The van der Waals surface area contributed by atoms with Gasteiger partial charge in [-0.3, -0.25) is 0 Å². The number of fused-ring (bicyclic) bond motifs is 3. The standard InChI is InChI=1S/C36H36N4O7S2/c41-33-31-23-27(39-35(48)37-25-7-3-1-4-8-25)11-13-29(31)30-14-12-28(40-36(49)38-26-9-5-2-6-10-26)24-32(30)34(42)47-22-20-45-18-16-43-15-17-44-19-21-46-33/h1-14,23-24H,15-22H2,(H2,37,39,48)(H2,38,40,49). The summed E-state index contributed by atoms with van der Waals surface area (Å²) in [4.78, 5) is 27.2. The minimum Gasteiger partial charge on any atom is -0.460 e. The van der Waals surface area contributed by atoms with Gasteiger partial charge in [-0.05, 0) is 84.1 Å². The second-order valence-electron chi connectivity index (χ2n) is 10.5. The highest BCUT2D eigenvalue weighted by Gasteiger charge is 2.22. The number of ether oxygens (including phenoxy) is 5. The largest absolute Gasteiger partial charge is 0.460 e. The lowest BCUT2D eigenvalue weighted by Gasteiger charge is -2.18. The molecule has 0 spiro atoms. The van der Waals surface area contributed by atoms with Crippen LogP contribution in [0.25, 0.3) is 11.1 Å². The summed E-state index contributed by atoms with van der Waals surface area (Å²) in [7, 11) is 0. The van der Waals surface area contributed by atoms with Crippen molar-refractivity contribution >= 4 is 69.3 Å². The van der Waals surface area contributed by atoms with Gasteiger partial charge in [0.05, 0.1) is 50.8 Å². The first kappa shape index (κ1) is 35.4. The van der Waals surface area contributed by atoms with Crippen molar-refractivity contribution in [2.75, 3.05) is 74.1 Å². The van der Waals surface area contributed by atoms with Crippen molar-refractivity contribution < 1.29 is 33.3 Å². The van der Waals surface area contributed by atoms with Gasteiger partial charge in [-0.25, -0.2) is 9.59 Å². The summed E-state index contributed by atoms with van der Waals surface area (Å²) < 4.78 is 27.8. The summed E-state index contributed by atoms with van der Waals surface area (Å²) in [5.41, 5.74) is 3.98. The number of anilines is 4. The highest BCUT2D eigenvalue weighted by molar-refractivity contribution is 7.81. The predicted molar refractivity (Wildman–Crippen MR) is 197 cm³/mol. The Balaban J connectivity index is 1.46. The third-order valence-electron chi connectivity index (χ3n) is 7.01. The molecule has 0 saturated carbocycles. The van der Waals surface area contributed by atoms with Crippen LogP contribution in [0.1, 0.15) is 20.7 Å². The van der Waals surface area contributed by atoms with E-state index in [-0.39, 0.29) is 37.6 Å². The number of esters is 2. The molecule has 0 radical (unpaired) electrons. The Morgan fingerprint density at radius 2 is 0.776 bits per heavy atom. The van der Waals surface area contributed by atoms with E-state index < -0.39 is 11.9 Å². The molecule has 4 N–H and O–H groups in total. The van der Waals surface area contributed by atoms with Crippen LogP contribution >= 0.6 is 24.4 Å². The molecule has 49 heavy (non-hydrogen) atoms. The van der Waals surface area contributed by atoms with E-state index in [0.717, 1.165) is 11.4 Å². The quantitative estimate of drug-likeness (QED) is 0.140. The van der Waals surface area contributed by atoms with E-state index in [4.69, 9.17) is 48.1 Å². The highest BCUT2D eigenvalue weighted by atomic mass is 32.1. The molecule has 254 valence electrons. The van der Waals surface area contributed by atoms with Crippen LogP contribution in [0.15, 0.2) is 97.1 Å². The first-order valence-corrected chi connectivity index (χ1v) is 16.4. The van der Waals surface area contributed by atoms with Gasteiger partial charge in [0.2, 0.25) is 0 Å². The molecule has 1 heterocycles. The molecular formula is C36H36N4O7S2. The SMILES string of the molecule is O=C1OCCOCCOCCOCCOC(=O)c2cc(NC(=S)Nc3ccccc3)ccc2-c2ccc(NC(=S)Nc3ccccc3)cc21. The summed E-state index contributed by atoms with van der Waals surface area (Å²) in [6.07, 6.45) is 0. The van der Waals surface area contributed by atoms with Crippen LogP contribution in [-0.4, -0.2) is 75.0 Å². The summed E-state index contributed by atoms with van der Waals surface area (Å²) in [5.74, 6) is -1.22. The average Bonchev–Trinajstić information content (AvgIpc) is 3.10. The summed E-state index contributed by atoms with van der Waals surface area (Å²) in [6.45, 7) is 1.76. The number of cyclic esters (lactones) is 2. The molecule has 1 aliphatic rings. The summed E-state index contributed by atoms with van der Waals surface area (Å²) in [6, 6.07) is 29.1. The van der Waals surface area contributed by atoms with Crippen LogP contribution in [0.4, 0.5) is 22.7 Å². The maximum atomic E-state index is 13.6. The Labute approximate surface area is 295 Å². The fraction of sp³-hybridized carbons (Fsp3) is 0.222. The number of nitrogens with one attached hydrogen (secondary N) is 4. The van der Waals surface area contributed by atoms with Gasteiger partial charge >= 0.3 is 11.9 Å². The second-order valence-corrected chi connectivity index (χ2v) is 11.3. The van der Waals surface area contributed by atoms with E-state index in [1.54, 1.807) is 36.4 Å². The van der Waals surface area contributed by atoms with Gasteiger partial charge in [0, 0.05) is 22.7 Å². The Morgan fingerprint density at radius 1 is 0.429 bits per heavy atom. The summed E-state index contributed by atoms with van der Waals surface area (Å²) in [5, 5.41) is 13.1. The predicted octanol–water partition coefficient (Wildman–Crippen LogP) is 6.35. The first-order chi connectivity index (χ1) is 24.0. The minimum absolute atomic E-state index is 0.0105. The number of thiocarbonyl (C=S) groups is 2. The fourth-order valence-corrected chi connectivity index (χ4v) is 5.24. The van der Waals surface area contributed by atoms with Crippen LogP contribution in [0, 0.1) is 0 Å². The molecule has 0 unspecified atom stereocenters. The zero-order chi connectivity index (χ0) is 34.3. The molecule has 13 heteroatoms. The Kier molecular flexibility index (Phi) is 13.4. The van der Waals surface area contributed by atoms with E-state index in [9.17, 15) is 9.59 Å². The molecule has 0 fully saturated rings. The highest BCUT2D eigenvalue weighted by Crippen LogP contribution is 2.33. The van der Waals surface area contributed by atoms with Gasteiger partial charge in [0.25, 0.3) is 0 Å². The molecule has 11 nitrogen and oxygen atoms in total. The number of para-hydroxylation sites is 2. The van der Waals surface area contributed by atoms with Gasteiger partial charge in [0.15, 0.2) is 10.2 Å². The lowest BCUT2D eigenvalue weighted by atomic mass is 9.94. The topological polar surface area (TPSA) is 128 Å². The number of hydrogen-bond donors (Lipinski definition) is 4. The van der Waals surface area contributed by atoms with Gasteiger partial charge in [-0.15, -0.1) is 0 Å². The monoisotopic (exact) mass is 700 g/mol. The van der Waals surface area contributed by atoms with E-state index >= 15 is 0 Å². The van der Waals surface area contributed by atoms with Crippen molar-refractivity contribution in [2.45, 2.75) is 0 Å². The van der Waals surface area contributed by atoms with Crippen molar-refractivity contribution in [1.82, 2.24) is 0 Å². The maximum absolute atomic E-state index is 13.6. The number of carbonyl (C=O) groups excluding carboxylic acids is 2. The Hall–Kier alpha value is -4.92. The van der Waals surface area contributed by atoms with Crippen molar-refractivity contribution in [1.29, 1.82) is 0 Å². The molecule has 0 aromatic heterocycles. The minimum atomic E-state index is -0.610. The van der Waals surface area contributed by atoms with Crippen LogP contribution in [-0.2, 0) is 23.7 Å². The zero-order valence-electron chi connectivity index (χ0n) is 26.6. The van der Waals surface area contributed by atoms with E-state index in [0.29, 0.717) is 59.2 Å². The molecule has 0 atom stereocenters. The smallest absolute Gasteiger partial charge is 0.338 e. The number of benzene rings is 4. The molecule has 1 aliphatic heterocycles. The van der Waals surface area contributed by atoms with Gasteiger partial charge in [-0.1, -0.05) is 48.5 Å². The fourth-order valence-electron chi connectivity index (χ4n) is 4.77. The molecular weight excluding hydrogens is 665 g/mol. The van der Waals surface area contributed by atoms with Crippen LogP contribution in [0.2, 0.25) is 0 Å². The van der Waals surface area contributed by atoms with Gasteiger partial charge < -0.3 is 45.0 Å². The molecule has 4 aromatic rings. The lowest BCUT2D eigenvalue weighted by Crippen LogP contribution is -2.20. The second kappa shape index (κ2) is 18.6. The maximum Gasteiger partial charge on any atom is 0.338 e. The van der Waals surface area contributed by atoms with Crippen LogP contribution < -0.4 is 21.3 Å². The molecule has 0 saturated heterocycles. The van der Waals surface area contributed by atoms with Crippen molar-refractivity contribution in [2.24, 2.45) is 0 Å². The molecule has 0 aliphatic carbocycles. The van der Waals surface area contributed by atoms with Crippen LogP contribution in [0.5, 0.6) is 0 Å². The van der Waals surface area contributed by atoms with E-state index in [2.05, 4.69) is 21.3 Å². The van der Waals surface area contributed by atoms with Crippen molar-refractivity contribution in [3.05, 3.63) is 108 Å². The summed E-state index contributed by atoms with van der Waals surface area (Å²) >= 11 is 11.0. The normalized spacial score (nSPS) is 14.6. The lowest BCUT2D eigenvalue weighted by molar-refractivity contribution is -0.00665. The average molecular weight is 701 g/mol. The van der Waals surface area contributed by atoms with Crippen molar-refractivity contribution in [3.8, 4) is 11.1 Å². The number of hydrogen-bond acceptors (Lipinski definition) is 9. The Bertz CT molecular complexity index is 1620. The van der Waals surface area contributed by atoms with Crippen molar-refractivity contribution in [3.63, 3.8) is 0 Å². The first-order valence-electron chi connectivity index (χ1n) is 15.6. The molecule has 4 aromatic carbocycles. The molecule has 0 bridgehead atoms. The van der Waals surface area contributed by atoms with Gasteiger partial charge in [-0.2, -0.15) is 0 Å². The molecule has 5 rings (SSSR count). The number of rotatable bonds is 4. The third-order valence-corrected chi connectivity index (χ3v) is 7.42. The van der Waals surface area contributed by atoms with E-state index in [1.807, 2.05) is 60.7 Å². The molecule has 0 amide bonds. The number of carbonyl (C=O) groups is 2. The van der Waals surface area contributed by atoms with Crippen LogP contribution in [0.3, 0.4) is 0 Å². The Morgan fingerprint density at radius 3 is 1.16 bits per heavy atom. The zero-order valence-corrected chi connectivity index (χ0v) is 28.2. The third kappa shape index (κ3) is 11.1. The van der Waals surface area contributed by atoms with E-state index in [1.165, 1.54) is 0 Å². The van der Waals surface area contributed by atoms with Gasteiger partial charge in [0.1, 0.15) is 13.2 Å².